The zero-order chi connectivity index (χ0) is 25.2. The summed E-state index contributed by atoms with van der Waals surface area (Å²) < 4.78 is 20.4. The number of halogens is 2. The van der Waals surface area contributed by atoms with Gasteiger partial charge in [0.2, 0.25) is 5.91 Å². The first-order chi connectivity index (χ1) is 17.4. The molecule has 1 unspecified atom stereocenters. The van der Waals surface area contributed by atoms with Crippen LogP contribution in [-0.2, 0) is 35.4 Å². The molecule has 2 aromatic carbocycles. The molecule has 1 N–H and O–H groups in total. The molecule has 0 bridgehead atoms. The molecule has 2 heterocycles. The monoisotopic (exact) mass is 524 g/mol. The second-order valence-corrected chi connectivity index (χ2v) is 9.59. The van der Waals surface area contributed by atoms with Crippen LogP contribution in [0.1, 0.15) is 53.0 Å². The van der Waals surface area contributed by atoms with E-state index in [1.165, 1.54) is 17.2 Å². The van der Waals surface area contributed by atoms with Gasteiger partial charge >= 0.3 is 5.97 Å². The van der Waals surface area contributed by atoms with E-state index in [2.05, 4.69) is 4.98 Å². The number of carboxylic acids is 1. The molecule has 0 saturated heterocycles. The van der Waals surface area contributed by atoms with Crippen LogP contribution in [0.5, 0.6) is 5.75 Å². The molecule has 0 fully saturated rings. The second-order valence-electron chi connectivity index (χ2n) is 9.59. The number of ether oxygens (including phenoxy) is 1. The average molecular weight is 525 g/mol. The summed E-state index contributed by atoms with van der Waals surface area (Å²) in [6, 6.07) is 10.4. The highest BCUT2D eigenvalue weighted by Crippen LogP contribution is 2.39. The number of benzene rings is 2. The van der Waals surface area contributed by atoms with E-state index in [0.29, 0.717) is 48.4 Å². The number of nitrogens with zero attached hydrogens (tertiary/aromatic N) is 2. The Bertz CT molecular complexity index is 1330. The second kappa shape index (κ2) is 11.3. The van der Waals surface area contributed by atoms with E-state index < -0.39 is 5.97 Å². The molecule has 37 heavy (non-hydrogen) atoms. The Balaban J connectivity index is 0.00000320. The predicted octanol–water partition coefficient (Wildman–Crippen LogP) is 5.34. The predicted molar refractivity (Wildman–Crippen MR) is 141 cm³/mol. The number of aromatic nitrogens is 1. The number of hydrogen-bond donors (Lipinski definition) is 1. The third-order valence-corrected chi connectivity index (χ3v) is 7.42. The van der Waals surface area contributed by atoms with Crippen molar-refractivity contribution in [2.24, 2.45) is 0 Å². The largest absolute Gasteiger partial charge is 0.496 e. The van der Waals surface area contributed by atoms with Crippen molar-refractivity contribution < 1.29 is 23.8 Å². The quantitative estimate of drug-likeness (QED) is 0.471. The number of pyridine rings is 1. The minimum atomic E-state index is -0.927. The number of aryl methyl sites for hydroxylation is 1. The molecule has 194 valence electrons. The fraction of sp³-hybridized carbons (Fsp3) is 0.345. The van der Waals surface area contributed by atoms with Gasteiger partial charge in [0.05, 0.1) is 13.5 Å². The van der Waals surface area contributed by atoms with E-state index in [4.69, 9.17) is 4.74 Å². The third-order valence-electron chi connectivity index (χ3n) is 7.42. The van der Waals surface area contributed by atoms with Gasteiger partial charge in [-0.15, -0.1) is 12.4 Å². The maximum absolute atomic E-state index is 14.8. The summed E-state index contributed by atoms with van der Waals surface area (Å²) in [4.78, 5) is 30.8. The summed E-state index contributed by atoms with van der Waals surface area (Å²) in [6.07, 6.45) is 7.45. The molecular weight excluding hydrogens is 495 g/mol. The summed E-state index contributed by atoms with van der Waals surface area (Å²) in [5.74, 6) is -0.426. The number of carboxylic acid groups (broad SMARTS) is 1. The number of carbonyl (C=O) groups excluding carboxylic acids is 1. The van der Waals surface area contributed by atoms with Crippen molar-refractivity contribution >= 4 is 24.3 Å². The van der Waals surface area contributed by atoms with Gasteiger partial charge in [0.15, 0.2) is 0 Å². The molecule has 1 aromatic heterocycles. The molecule has 8 heteroatoms. The van der Waals surface area contributed by atoms with Crippen LogP contribution >= 0.6 is 12.4 Å². The molecule has 2 aliphatic rings. The van der Waals surface area contributed by atoms with Gasteiger partial charge in [0.1, 0.15) is 11.6 Å². The molecule has 0 spiro atoms. The van der Waals surface area contributed by atoms with Crippen molar-refractivity contribution in [3.8, 4) is 16.9 Å². The van der Waals surface area contributed by atoms with Crippen molar-refractivity contribution in [1.82, 2.24) is 9.88 Å². The standard InChI is InChI=1S/C29H29FN2O4.ClH/c1-36-27-8-5-18(14-29(34)35)13-23(27)21-6-7-26(30)22-10-12-32(17-25(21)22)28(33)15-20-4-2-3-19-9-11-31-16-24(19)20;/h5-9,11,13,16,20H,2-4,10,12,14-15,17H2,1H3,(H,34,35);1H. The highest BCUT2D eigenvalue weighted by atomic mass is 35.5. The highest BCUT2D eigenvalue weighted by molar-refractivity contribution is 5.85. The van der Waals surface area contributed by atoms with Gasteiger partial charge in [-0.2, -0.15) is 0 Å². The Morgan fingerprint density at radius 2 is 1.97 bits per heavy atom. The average Bonchev–Trinajstić information content (AvgIpc) is 2.88. The van der Waals surface area contributed by atoms with Crippen molar-refractivity contribution in [3.63, 3.8) is 0 Å². The molecule has 0 radical (unpaired) electrons. The Hall–Kier alpha value is -3.45. The fourth-order valence-corrected chi connectivity index (χ4v) is 5.62. The van der Waals surface area contributed by atoms with Gasteiger partial charge in [-0.05, 0) is 89.2 Å². The van der Waals surface area contributed by atoms with Gasteiger partial charge in [0.25, 0.3) is 0 Å². The van der Waals surface area contributed by atoms with Gasteiger partial charge < -0.3 is 14.7 Å². The molecule has 0 saturated carbocycles. The smallest absolute Gasteiger partial charge is 0.307 e. The summed E-state index contributed by atoms with van der Waals surface area (Å²) in [7, 11) is 1.55. The topological polar surface area (TPSA) is 79.7 Å². The molecule has 1 aliphatic heterocycles. The van der Waals surface area contributed by atoms with Crippen LogP contribution in [0.2, 0.25) is 0 Å². The van der Waals surface area contributed by atoms with Crippen molar-refractivity contribution in [2.75, 3.05) is 13.7 Å². The number of rotatable bonds is 6. The highest BCUT2D eigenvalue weighted by Gasteiger charge is 2.29. The van der Waals surface area contributed by atoms with Crippen LogP contribution in [0, 0.1) is 5.82 Å². The van der Waals surface area contributed by atoms with Crippen LogP contribution in [0.4, 0.5) is 4.39 Å². The van der Waals surface area contributed by atoms with E-state index in [1.807, 2.05) is 17.2 Å². The van der Waals surface area contributed by atoms with Crippen LogP contribution in [-0.4, -0.2) is 40.5 Å². The van der Waals surface area contributed by atoms with Crippen LogP contribution < -0.4 is 4.74 Å². The minimum absolute atomic E-state index is 0. The van der Waals surface area contributed by atoms with Gasteiger partial charge in [-0.25, -0.2) is 4.39 Å². The summed E-state index contributed by atoms with van der Waals surface area (Å²) in [5.41, 5.74) is 5.90. The molecular formula is C29H30ClFN2O4. The number of methoxy groups -OCH3 is 1. The fourth-order valence-electron chi connectivity index (χ4n) is 5.62. The van der Waals surface area contributed by atoms with Crippen molar-refractivity contribution in [3.05, 3.63) is 82.4 Å². The third kappa shape index (κ3) is 5.47. The summed E-state index contributed by atoms with van der Waals surface area (Å²) >= 11 is 0. The Kier molecular flexibility index (Phi) is 8.13. The number of hydrogen-bond acceptors (Lipinski definition) is 4. The lowest BCUT2D eigenvalue weighted by molar-refractivity contribution is -0.136. The van der Waals surface area contributed by atoms with E-state index in [9.17, 15) is 19.1 Å². The lowest BCUT2D eigenvalue weighted by Gasteiger charge is -2.33. The Labute approximate surface area is 221 Å². The van der Waals surface area contributed by atoms with Crippen LogP contribution in [0.15, 0.2) is 48.8 Å². The van der Waals surface area contributed by atoms with Crippen LogP contribution in [0.3, 0.4) is 0 Å². The van der Waals surface area contributed by atoms with Crippen LogP contribution in [0.25, 0.3) is 11.1 Å². The Morgan fingerprint density at radius 1 is 1.14 bits per heavy atom. The van der Waals surface area contributed by atoms with Crippen molar-refractivity contribution in [1.29, 1.82) is 0 Å². The van der Waals surface area contributed by atoms with Gasteiger partial charge in [-0.1, -0.05) is 12.1 Å². The van der Waals surface area contributed by atoms with E-state index in [-0.39, 0.29) is 36.5 Å². The van der Waals surface area contributed by atoms with Gasteiger partial charge in [-0.3, -0.25) is 14.6 Å². The summed E-state index contributed by atoms with van der Waals surface area (Å²) in [5, 5.41) is 9.25. The minimum Gasteiger partial charge on any atom is -0.496 e. The van der Waals surface area contributed by atoms with Gasteiger partial charge in [0, 0.05) is 37.5 Å². The molecule has 1 aliphatic carbocycles. The zero-order valence-corrected chi connectivity index (χ0v) is 21.5. The number of carbonyl (C=O) groups is 2. The normalized spacial score (nSPS) is 16.3. The first-order valence-electron chi connectivity index (χ1n) is 12.3. The van der Waals surface area contributed by atoms with E-state index in [1.54, 1.807) is 37.6 Å². The summed E-state index contributed by atoms with van der Waals surface area (Å²) in [6.45, 7) is 0.773. The Morgan fingerprint density at radius 3 is 2.76 bits per heavy atom. The zero-order valence-electron chi connectivity index (χ0n) is 20.7. The first-order valence-corrected chi connectivity index (χ1v) is 12.3. The first kappa shape index (κ1) is 26.6. The van der Waals surface area contributed by atoms with E-state index >= 15 is 0 Å². The maximum atomic E-state index is 14.8. The lowest BCUT2D eigenvalue weighted by atomic mass is 9.81. The number of fused-ring (bicyclic) bond motifs is 2. The lowest BCUT2D eigenvalue weighted by Crippen LogP contribution is -2.37. The molecule has 5 rings (SSSR count). The van der Waals surface area contributed by atoms with E-state index in [0.717, 1.165) is 30.4 Å². The SMILES string of the molecule is COc1ccc(CC(=O)O)cc1-c1ccc(F)c2c1CN(C(=O)CC1CCCc3ccncc31)CC2.Cl. The number of aliphatic carboxylic acids is 1. The molecule has 3 aromatic rings. The molecule has 6 nitrogen and oxygen atoms in total. The molecule has 1 amide bonds. The number of amides is 1. The van der Waals surface area contributed by atoms with Crippen molar-refractivity contribution in [2.45, 2.75) is 51.0 Å². The maximum Gasteiger partial charge on any atom is 0.307 e. The molecule has 1 atom stereocenters.